The summed E-state index contributed by atoms with van der Waals surface area (Å²) in [6.07, 6.45) is 10.6. The number of carboxylic acids is 2. The molecule has 0 saturated carbocycles. The molecular formula is C28H46O4. The van der Waals surface area contributed by atoms with Crippen LogP contribution in [0.3, 0.4) is 0 Å². The monoisotopic (exact) mass is 446 g/mol. The molecule has 2 N–H and O–H groups in total. The van der Waals surface area contributed by atoms with Gasteiger partial charge in [0.15, 0.2) is 0 Å². The number of aryl methyl sites for hydroxylation is 1. The molecule has 182 valence electrons. The first kappa shape index (κ1) is 28.2. The Balaban J connectivity index is 3.31. The van der Waals surface area contributed by atoms with Gasteiger partial charge in [0.25, 0.3) is 0 Å². The van der Waals surface area contributed by atoms with Crippen LogP contribution in [0.4, 0.5) is 0 Å². The van der Waals surface area contributed by atoms with Gasteiger partial charge in [-0.1, -0.05) is 84.9 Å². The zero-order valence-electron chi connectivity index (χ0n) is 21.0. The molecule has 0 fully saturated rings. The predicted molar refractivity (Wildman–Crippen MR) is 132 cm³/mol. The summed E-state index contributed by atoms with van der Waals surface area (Å²) in [5.41, 5.74) is 2.54. The second-order valence-corrected chi connectivity index (χ2v) is 10.2. The van der Waals surface area contributed by atoms with Crippen LogP contribution in [0.5, 0.6) is 0 Å². The van der Waals surface area contributed by atoms with Crippen molar-refractivity contribution < 1.29 is 19.8 Å². The molecule has 0 spiro atoms. The van der Waals surface area contributed by atoms with Crippen molar-refractivity contribution in [2.75, 3.05) is 0 Å². The first-order chi connectivity index (χ1) is 15.2. The van der Waals surface area contributed by atoms with E-state index in [1.165, 1.54) is 25.7 Å². The average Bonchev–Trinajstić information content (AvgIpc) is 2.71. The molecule has 0 aliphatic heterocycles. The van der Waals surface area contributed by atoms with Crippen LogP contribution < -0.4 is 0 Å². The van der Waals surface area contributed by atoms with Crippen molar-refractivity contribution in [3.63, 3.8) is 0 Å². The predicted octanol–water partition coefficient (Wildman–Crippen LogP) is 7.80. The molecular weight excluding hydrogens is 400 g/mol. The summed E-state index contributed by atoms with van der Waals surface area (Å²) in [5, 5.41) is 20.2. The second-order valence-electron chi connectivity index (χ2n) is 10.2. The van der Waals surface area contributed by atoms with Crippen molar-refractivity contribution in [1.29, 1.82) is 0 Å². The molecule has 0 bridgehead atoms. The molecule has 2 unspecified atom stereocenters. The zero-order chi connectivity index (χ0) is 24.1. The van der Waals surface area contributed by atoms with E-state index in [4.69, 9.17) is 0 Å². The molecule has 4 nitrogen and oxygen atoms in total. The van der Waals surface area contributed by atoms with Crippen LogP contribution in [0.2, 0.25) is 0 Å². The number of hydrogen-bond donors (Lipinski definition) is 2. The second kappa shape index (κ2) is 15.1. The van der Waals surface area contributed by atoms with Gasteiger partial charge in [0.2, 0.25) is 0 Å². The summed E-state index contributed by atoms with van der Waals surface area (Å²) in [7, 11) is 0. The Morgan fingerprint density at radius 2 is 1.28 bits per heavy atom. The smallest absolute Gasteiger partial charge is 0.310 e. The summed E-state index contributed by atoms with van der Waals surface area (Å²) < 4.78 is 0. The van der Waals surface area contributed by atoms with Crippen molar-refractivity contribution in [2.45, 2.75) is 117 Å². The fraction of sp³-hybridized carbons (Fsp3) is 0.714. The lowest BCUT2D eigenvalue weighted by Crippen LogP contribution is -2.21. The van der Waals surface area contributed by atoms with Crippen LogP contribution in [0.25, 0.3) is 0 Å². The van der Waals surface area contributed by atoms with Gasteiger partial charge in [-0.05, 0) is 67.1 Å². The molecule has 0 aromatic heterocycles. The van der Waals surface area contributed by atoms with E-state index in [1.54, 1.807) is 0 Å². The van der Waals surface area contributed by atoms with Crippen molar-refractivity contribution >= 4 is 11.9 Å². The normalized spacial score (nSPS) is 13.5. The summed E-state index contributed by atoms with van der Waals surface area (Å²) in [6, 6.07) is 5.82. The Kier molecular flexibility index (Phi) is 13.3. The third-order valence-electron chi connectivity index (χ3n) is 6.42. The Morgan fingerprint density at radius 3 is 1.81 bits per heavy atom. The number of carbonyl (C=O) groups is 2. The number of carboxylic acid groups (broad SMARTS) is 2. The largest absolute Gasteiger partial charge is 0.481 e. The Morgan fingerprint density at radius 1 is 0.750 bits per heavy atom. The molecule has 1 rings (SSSR count). The van der Waals surface area contributed by atoms with Crippen molar-refractivity contribution in [3.05, 3.63) is 34.9 Å². The highest BCUT2D eigenvalue weighted by Crippen LogP contribution is 2.37. The van der Waals surface area contributed by atoms with Crippen LogP contribution in [-0.4, -0.2) is 22.2 Å². The number of hydrogen-bond acceptors (Lipinski definition) is 2. The minimum atomic E-state index is -0.850. The molecule has 0 amide bonds. The summed E-state index contributed by atoms with van der Waals surface area (Å²) in [4.78, 5) is 24.6. The number of aliphatic carboxylic acids is 2. The lowest BCUT2D eigenvalue weighted by molar-refractivity contribution is -0.140. The van der Waals surface area contributed by atoms with Gasteiger partial charge < -0.3 is 10.2 Å². The van der Waals surface area contributed by atoms with Gasteiger partial charge >= 0.3 is 11.9 Å². The summed E-state index contributed by atoms with van der Waals surface area (Å²) >= 11 is 0. The third kappa shape index (κ3) is 9.75. The van der Waals surface area contributed by atoms with Gasteiger partial charge in [0.1, 0.15) is 0 Å². The van der Waals surface area contributed by atoms with E-state index in [9.17, 15) is 19.8 Å². The quantitative estimate of drug-likeness (QED) is 0.239. The minimum absolute atomic E-state index is 0.405. The van der Waals surface area contributed by atoms with E-state index < -0.39 is 23.8 Å². The highest BCUT2D eigenvalue weighted by Gasteiger charge is 2.31. The summed E-state index contributed by atoms with van der Waals surface area (Å²) in [6.45, 7) is 10.6. The molecule has 0 saturated heterocycles. The first-order valence-electron chi connectivity index (χ1n) is 12.8. The molecule has 2 atom stereocenters. The Bertz CT molecular complexity index is 693. The standard InChI is InChI=1S/C28H46O4/c1-6-7-8-9-10-11-13-22-14-12-15-23(24(27(29)30)18-16-20(2)3)26(22)25(28(31)32)19-17-21(4)5/h12,14-15,20-21,24-25H,6-11,13,16-19H2,1-5H3,(H,29,30)(H,31,32). The van der Waals surface area contributed by atoms with E-state index in [0.29, 0.717) is 24.7 Å². The van der Waals surface area contributed by atoms with Crippen LogP contribution in [0, 0.1) is 11.8 Å². The molecule has 1 aromatic carbocycles. The number of benzene rings is 1. The van der Waals surface area contributed by atoms with Crippen LogP contribution in [-0.2, 0) is 16.0 Å². The molecule has 32 heavy (non-hydrogen) atoms. The maximum Gasteiger partial charge on any atom is 0.310 e. The van der Waals surface area contributed by atoms with E-state index >= 15 is 0 Å². The Hall–Kier alpha value is -1.84. The maximum atomic E-state index is 12.4. The van der Waals surface area contributed by atoms with Crippen molar-refractivity contribution in [1.82, 2.24) is 0 Å². The van der Waals surface area contributed by atoms with Gasteiger partial charge in [0.05, 0.1) is 11.8 Å². The average molecular weight is 447 g/mol. The third-order valence-corrected chi connectivity index (χ3v) is 6.42. The lowest BCUT2D eigenvalue weighted by Gasteiger charge is -2.25. The lowest BCUT2D eigenvalue weighted by atomic mass is 9.78. The first-order valence-corrected chi connectivity index (χ1v) is 12.8. The van der Waals surface area contributed by atoms with Crippen LogP contribution in [0.1, 0.15) is 127 Å². The van der Waals surface area contributed by atoms with Crippen LogP contribution in [0.15, 0.2) is 18.2 Å². The van der Waals surface area contributed by atoms with Crippen molar-refractivity contribution in [3.8, 4) is 0 Å². The van der Waals surface area contributed by atoms with E-state index in [1.807, 2.05) is 18.2 Å². The van der Waals surface area contributed by atoms with Gasteiger partial charge in [-0.25, -0.2) is 0 Å². The number of unbranched alkanes of at least 4 members (excludes halogenated alkanes) is 5. The fourth-order valence-electron chi connectivity index (χ4n) is 4.48. The van der Waals surface area contributed by atoms with E-state index in [2.05, 4.69) is 34.6 Å². The molecule has 0 radical (unpaired) electrons. The minimum Gasteiger partial charge on any atom is -0.481 e. The molecule has 4 heteroatoms. The molecule has 1 aromatic rings. The molecule has 0 aliphatic rings. The summed E-state index contributed by atoms with van der Waals surface area (Å²) in [5.74, 6) is -2.18. The van der Waals surface area contributed by atoms with Crippen molar-refractivity contribution in [2.24, 2.45) is 11.8 Å². The van der Waals surface area contributed by atoms with Gasteiger partial charge in [-0.2, -0.15) is 0 Å². The fourth-order valence-corrected chi connectivity index (χ4v) is 4.48. The van der Waals surface area contributed by atoms with E-state index in [0.717, 1.165) is 48.8 Å². The zero-order valence-corrected chi connectivity index (χ0v) is 21.0. The maximum absolute atomic E-state index is 12.4. The topological polar surface area (TPSA) is 74.6 Å². The number of rotatable bonds is 17. The van der Waals surface area contributed by atoms with E-state index in [-0.39, 0.29) is 0 Å². The highest BCUT2D eigenvalue weighted by atomic mass is 16.4. The van der Waals surface area contributed by atoms with Gasteiger partial charge in [0, 0.05) is 0 Å². The Labute approximate surface area is 195 Å². The SMILES string of the molecule is CCCCCCCCc1cccc(C(CCC(C)C)C(=O)O)c1C(CCC(C)C)C(=O)O. The van der Waals surface area contributed by atoms with Gasteiger partial charge in [-0.3, -0.25) is 9.59 Å². The van der Waals surface area contributed by atoms with Crippen LogP contribution >= 0.6 is 0 Å². The molecule has 0 heterocycles. The molecule has 0 aliphatic carbocycles. The van der Waals surface area contributed by atoms with Gasteiger partial charge in [-0.15, -0.1) is 0 Å². The highest BCUT2D eigenvalue weighted by molar-refractivity contribution is 5.81.